The predicted molar refractivity (Wildman–Crippen MR) is 72.7 cm³/mol. The molecule has 1 heterocycles. The third-order valence-corrected chi connectivity index (χ3v) is 4.53. The number of hydrogen-bond acceptors (Lipinski definition) is 3. The fourth-order valence-corrected chi connectivity index (χ4v) is 3.40. The fourth-order valence-electron chi connectivity index (χ4n) is 2.24. The Morgan fingerprint density at radius 3 is 2.72 bits per heavy atom. The molecule has 100 valence electrons. The van der Waals surface area contributed by atoms with E-state index in [1.165, 1.54) is 6.42 Å². The molecule has 0 amide bonds. The van der Waals surface area contributed by atoms with Crippen LogP contribution >= 0.6 is 0 Å². The Bertz CT molecular complexity index is 453. The lowest BCUT2D eigenvalue weighted by molar-refractivity contribution is 0.539. The van der Waals surface area contributed by atoms with Crippen LogP contribution in [0.4, 0.5) is 0 Å². The first-order valence-electron chi connectivity index (χ1n) is 6.40. The van der Waals surface area contributed by atoms with Crippen LogP contribution in [-0.4, -0.2) is 27.5 Å². The van der Waals surface area contributed by atoms with Gasteiger partial charge in [-0.1, -0.05) is 30.3 Å². The van der Waals surface area contributed by atoms with Crippen LogP contribution < -0.4 is 10.0 Å². The van der Waals surface area contributed by atoms with Gasteiger partial charge >= 0.3 is 0 Å². The van der Waals surface area contributed by atoms with E-state index in [-0.39, 0.29) is 5.75 Å². The molecule has 0 bridgehead atoms. The first-order chi connectivity index (χ1) is 8.66. The Morgan fingerprint density at radius 2 is 2.06 bits per heavy atom. The molecule has 1 atom stereocenters. The summed E-state index contributed by atoms with van der Waals surface area (Å²) in [6, 6.07) is 9.73. The van der Waals surface area contributed by atoms with Crippen LogP contribution in [0.25, 0.3) is 0 Å². The molecule has 1 aliphatic heterocycles. The molecule has 1 aliphatic rings. The number of hydrogen-bond donors (Lipinski definition) is 2. The maximum Gasteiger partial charge on any atom is 0.215 e. The Morgan fingerprint density at radius 1 is 1.28 bits per heavy atom. The van der Waals surface area contributed by atoms with Gasteiger partial charge in [0.1, 0.15) is 0 Å². The summed E-state index contributed by atoms with van der Waals surface area (Å²) in [5, 5.41) is 3.36. The van der Waals surface area contributed by atoms with Crippen LogP contribution in [0.15, 0.2) is 30.3 Å². The largest absolute Gasteiger partial charge is 0.314 e. The minimum Gasteiger partial charge on any atom is -0.314 e. The molecule has 4 nitrogen and oxygen atoms in total. The molecule has 5 heteroatoms. The lowest BCUT2D eigenvalue weighted by atomic mass is 10.2. The number of rotatable bonds is 6. The molecule has 1 saturated heterocycles. The van der Waals surface area contributed by atoms with Crippen LogP contribution in [0.1, 0.15) is 24.8 Å². The SMILES string of the molecule is O=S(=O)(Cc1ccccc1)NCCC1CCCN1. The summed E-state index contributed by atoms with van der Waals surface area (Å²) in [6.45, 7) is 1.58. The molecule has 0 aliphatic carbocycles. The van der Waals surface area contributed by atoms with Crippen molar-refractivity contribution in [1.82, 2.24) is 10.0 Å². The van der Waals surface area contributed by atoms with Crippen LogP contribution in [0, 0.1) is 0 Å². The van der Waals surface area contributed by atoms with Gasteiger partial charge in [0.2, 0.25) is 10.0 Å². The summed E-state index contributed by atoms with van der Waals surface area (Å²) in [6.07, 6.45) is 3.22. The third-order valence-electron chi connectivity index (χ3n) is 3.18. The highest BCUT2D eigenvalue weighted by Gasteiger charge is 2.15. The summed E-state index contributed by atoms with van der Waals surface area (Å²) >= 11 is 0. The minimum atomic E-state index is -3.20. The Balaban J connectivity index is 1.77. The summed E-state index contributed by atoms with van der Waals surface area (Å²) < 4.78 is 26.4. The van der Waals surface area contributed by atoms with Crippen LogP contribution in [0.3, 0.4) is 0 Å². The van der Waals surface area contributed by atoms with Gasteiger partial charge in [0, 0.05) is 12.6 Å². The van der Waals surface area contributed by atoms with Crippen molar-refractivity contribution in [3.05, 3.63) is 35.9 Å². The monoisotopic (exact) mass is 268 g/mol. The van der Waals surface area contributed by atoms with E-state index >= 15 is 0 Å². The maximum absolute atomic E-state index is 11.8. The molecule has 0 spiro atoms. The van der Waals surface area contributed by atoms with Gasteiger partial charge in [-0.25, -0.2) is 13.1 Å². The first kappa shape index (κ1) is 13.5. The van der Waals surface area contributed by atoms with Gasteiger partial charge in [-0.3, -0.25) is 0 Å². The highest BCUT2D eigenvalue weighted by atomic mass is 32.2. The molecule has 2 N–H and O–H groups in total. The highest BCUT2D eigenvalue weighted by Crippen LogP contribution is 2.08. The van der Waals surface area contributed by atoms with Crippen molar-refractivity contribution in [3.8, 4) is 0 Å². The summed E-state index contributed by atoms with van der Waals surface area (Å²) in [5.41, 5.74) is 0.823. The zero-order valence-corrected chi connectivity index (χ0v) is 11.2. The molecule has 1 unspecified atom stereocenters. The molecule has 0 radical (unpaired) electrons. The Labute approximate surface area is 109 Å². The lowest BCUT2D eigenvalue weighted by Gasteiger charge is -2.11. The molecular weight excluding hydrogens is 248 g/mol. The van der Waals surface area contributed by atoms with Crippen LogP contribution in [0.5, 0.6) is 0 Å². The number of sulfonamides is 1. The normalized spacial score (nSPS) is 20.1. The summed E-state index contributed by atoms with van der Waals surface area (Å²) in [5.74, 6) is 0.0614. The average Bonchev–Trinajstić information content (AvgIpc) is 2.82. The van der Waals surface area contributed by atoms with Crippen molar-refractivity contribution in [2.24, 2.45) is 0 Å². The molecule has 18 heavy (non-hydrogen) atoms. The summed E-state index contributed by atoms with van der Waals surface area (Å²) in [4.78, 5) is 0. The third kappa shape index (κ3) is 4.40. The van der Waals surface area contributed by atoms with Crippen molar-refractivity contribution in [1.29, 1.82) is 0 Å². The molecule has 1 aromatic rings. The van der Waals surface area contributed by atoms with Gasteiger partial charge < -0.3 is 5.32 Å². The van der Waals surface area contributed by atoms with E-state index in [2.05, 4.69) is 10.0 Å². The van der Waals surface area contributed by atoms with E-state index < -0.39 is 10.0 Å². The quantitative estimate of drug-likeness (QED) is 0.816. The van der Waals surface area contributed by atoms with Crippen molar-refractivity contribution >= 4 is 10.0 Å². The highest BCUT2D eigenvalue weighted by molar-refractivity contribution is 7.88. The molecule has 0 aromatic heterocycles. The molecule has 2 rings (SSSR count). The van der Waals surface area contributed by atoms with E-state index in [1.807, 2.05) is 30.3 Å². The smallest absolute Gasteiger partial charge is 0.215 e. The van der Waals surface area contributed by atoms with Crippen molar-refractivity contribution in [3.63, 3.8) is 0 Å². The van der Waals surface area contributed by atoms with Crippen LogP contribution in [0.2, 0.25) is 0 Å². The molecule has 1 aromatic carbocycles. The minimum absolute atomic E-state index is 0.0614. The predicted octanol–water partition coefficient (Wildman–Crippen LogP) is 1.25. The second kappa shape index (κ2) is 6.31. The zero-order chi connectivity index (χ0) is 12.8. The number of nitrogens with one attached hydrogen (secondary N) is 2. The van der Waals surface area contributed by atoms with E-state index in [1.54, 1.807) is 0 Å². The lowest BCUT2D eigenvalue weighted by Crippen LogP contribution is -2.31. The van der Waals surface area contributed by atoms with E-state index in [0.717, 1.165) is 24.9 Å². The fraction of sp³-hybridized carbons (Fsp3) is 0.538. The second-order valence-corrected chi connectivity index (χ2v) is 6.53. The maximum atomic E-state index is 11.8. The average molecular weight is 268 g/mol. The van der Waals surface area contributed by atoms with Crippen molar-refractivity contribution in [2.45, 2.75) is 31.1 Å². The van der Waals surface area contributed by atoms with Gasteiger partial charge in [0.15, 0.2) is 0 Å². The van der Waals surface area contributed by atoms with Crippen molar-refractivity contribution < 1.29 is 8.42 Å². The van der Waals surface area contributed by atoms with Crippen LogP contribution in [-0.2, 0) is 15.8 Å². The van der Waals surface area contributed by atoms with Crippen molar-refractivity contribution in [2.75, 3.05) is 13.1 Å². The molecular formula is C13H20N2O2S. The van der Waals surface area contributed by atoms with Gasteiger partial charge in [0.25, 0.3) is 0 Å². The molecule has 1 fully saturated rings. The van der Waals surface area contributed by atoms with E-state index in [4.69, 9.17) is 0 Å². The Hall–Kier alpha value is -0.910. The standard InChI is InChI=1S/C13H20N2O2S/c16-18(17,11-12-5-2-1-3-6-12)15-10-8-13-7-4-9-14-13/h1-3,5-6,13-15H,4,7-11H2. The topological polar surface area (TPSA) is 58.2 Å². The molecule has 0 saturated carbocycles. The second-order valence-electron chi connectivity index (χ2n) is 4.72. The van der Waals surface area contributed by atoms with Gasteiger partial charge in [0.05, 0.1) is 5.75 Å². The van der Waals surface area contributed by atoms with E-state index in [9.17, 15) is 8.42 Å². The zero-order valence-electron chi connectivity index (χ0n) is 10.4. The first-order valence-corrected chi connectivity index (χ1v) is 8.05. The number of benzene rings is 1. The van der Waals surface area contributed by atoms with Gasteiger partial charge in [-0.15, -0.1) is 0 Å². The van der Waals surface area contributed by atoms with E-state index in [0.29, 0.717) is 12.6 Å². The van der Waals surface area contributed by atoms with Gasteiger partial charge in [-0.05, 0) is 31.4 Å². The Kier molecular flexibility index (Phi) is 4.74. The summed E-state index contributed by atoms with van der Waals surface area (Å²) in [7, 11) is -3.20. The van der Waals surface area contributed by atoms with Gasteiger partial charge in [-0.2, -0.15) is 0 Å².